The van der Waals surface area contributed by atoms with E-state index >= 15 is 0 Å². The average molecular weight is 518 g/mol. The molecular weight excluding hydrogens is 487 g/mol. The van der Waals surface area contributed by atoms with Crippen LogP contribution in [-0.2, 0) is 6.54 Å². The number of aromatic amines is 1. The molecule has 5 heterocycles. The first kappa shape index (κ1) is 23.2. The Morgan fingerprint density at radius 1 is 1.03 bits per heavy atom. The number of hydrogen-bond acceptors (Lipinski definition) is 6. The van der Waals surface area contributed by atoms with Crippen molar-refractivity contribution in [2.75, 3.05) is 45.9 Å². The van der Waals surface area contributed by atoms with Gasteiger partial charge in [0.25, 0.3) is 0 Å². The zero-order chi connectivity index (χ0) is 25.4. The summed E-state index contributed by atoms with van der Waals surface area (Å²) < 4.78 is 41.4. The average Bonchev–Trinajstić information content (AvgIpc) is 3.49. The zero-order valence-electron chi connectivity index (χ0n) is 20.5. The molecule has 5 aliphatic rings. The first-order chi connectivity index (χ1) is 17.7. The van der Waals surface area contributed by atoms with Crippen molar-refractivity contribution in [3.8, 4) is 5.88 Å². The molecule has 9 nitrogen and oxygen atoms in total. The third kappa shape index (κ3) is 4.42. The van der Waals surface area contributed by atoms with Crippen molar-refractivity contribution in [3.05, 3.63) is 35.5 Å². The first-order valence-corrected chi connectivity index (χ1v) is 13.0. The molecule has 3 saturated heterocycles. The summed E-state index contributed by atoms with van der Waals surface area (Å²) in [5, 5.41) is 7.54. The molecule has 5 fully saturated rings. The molecule has 2 aromatic rings. The van der Waals surface area contributed by atoms with Crippen LogP contribution in [0, 0.1) is 10.8 Å². The van der Waals surface area contributed by atoms with Gasteiger partial charge in [-0.1, -0.05) is 6.07 Å². The fourth-order valence-electron chi connectivity index (χ4n) is 6.65. The Kier molecular flexibility index (Phi) is 5.06. The number of hydrogen-bond donors (Lipinski definition) is 1. The number of halogens is 3. The molecule has 0 radical (unpaired) electrons. The van der Waals surface area contributed by atoms with Gasteiger partial charge in [-0.15, -0.1) is 0 Å². The molecule has 2 spiro atoms. The number of likely N-dealkylation sites (tertiary alicyclic amines) is 3. The molecule has 0 bridgehead atoms. The van der Waals surface area contributed by atoms with Crippen LogP contribution in [0.4, 0.5) is 18.0 Å². The number of carbonyl (C=O) groups is 1. The van der Waals surface area contributed by atoms with Crippen molar-refractivity contribution in [2.45, 2.75) is 50.2 Å². The molecule has 7 rings (SSSR count). The number of ether oxygens (including phenoxy) is 1. The Bertz CT molecular complexity index is 1170. The van der Waals surface area contributed by atoms with Gasteiger partial charge in [0.05, 0.1) is 0 Å². The molecular formula is C25H30F3N7O2. The van der Waals surface area contributed by atoms with Gasteiger partial charge < -0.3 is 14.5 Å². The molecule has 0 aromatic carbocycles. The lowest BCUT2D eigenvalue weighted by Crippen LogP contribution is -2.75. The van der Waals surface area contributed by atoms with Crippen molar-refractivity contribution in [1.29, 1.82) is 0 Å². The maximum Gasteiger partial charge on any atom is 0.422 e. The summed E-state index contributed by atoms with van der Waals surface area (Å²) in [7, 11) is 0. The number of rotatable bonds is 6. The Hall–Kier alpha value is -2.89. The topological polar surface area (TPSA) is 90.5 Å². The number of H-pyrrole nitrogens is 1. The molecule has 0 unspecified atom stereocenters. The van der Waals surface area contributed by atoms with Gasteiger partial charge in [0.15, 0.2) is 12.4 Å². The Balaban J connectivity index is 0.816. The molecule has 0 atom stereocenters. The molecule has 2 saturated carbocycles. The van der Waals surface area contributed by atoms with Gasteiger partial charge in [-0.25, -0.2) is 14.8 Å². The maximum absolute atomic E-state index is 12.9. The third-order valence-corrected chi connectivity index (χ3v) is 8.56. The largest absolute Gasteiger partial charge is 0.468 e. The van der Waals surface area contributed by atoms with Crippen LogP contribution in [0.25, 0.3) is 0 Å². The van der Waals surface area contributed by atoms with E-state index in [2.05, 4.69) is 24.8 Å². The SMILES string of the molecule is O=C(N1CC2(CC(c3n[nH]c(C4CC4)n3)C2)C1)N1CC2(CN(Cc3ccc(OCC(F)(F)F)nc3)C2)C1. The van der Waals surface area contributed by atoms with Crippen molar-refractivity contribution in [2.24, 2.45) is 10.8 Å². The van der Waals surface area contributed by atoms with Gasteiger partial charge >= 0.3 is 12.2 Å². The van der Waals surface area contributed by atoms with E-state index in [1.807, 2.05) is 9.80 Å². The Morgan fingerprint density at radius 2 is 1.73 bits per heavy atom. The number of alkyl halides is 3. The van der Waals surface area contributed by atoms with Crippen LogP contribution in [-0.4, -0.2) is 92.9 Å². The summed E-state index contributed by atoms with van der Waals surface area (Å²) in [4.78, 5) is 27.8. The normalized spacial score (nSPS) is 24.4. The number of nitrogens with one attached hydrogen (secondary N) is 1. The highest BCUT2D eigenvalue weighted by Gasteiger charge is 2.58. The lowest BCUT2D eigenvalue weighted by Gasteiger charge is -2.63. The van der Waals surface area contributed by atoms with Gasteiger partial charge in [0.1, 0.15) is 5.82 Å². The van der Waals surface area contributed by atoms with Gasteiger partial charge in [-0.05, 0) is 31.2 Å². The van der Waals surface area contributed by atoms with E-state index in [9.17, 15) is 18.0 Å². The summed E-state index contributed by atoms with van der Waals surface area (Å²) >= 11 is 0. The van der Waals surface area contributed by atoms with Crippen molar-refractivity contribution in [3.63, 3.8) is 0 Å². The van der Waals surface area contributed by atoms with E-state index in [4.69, 9.17) is 4.98 Å². The second-order valence-corrected chi connectivity index (χ2v) is 12.0. The standard InChI is InChI=1S/C25H30F3N7O2/c26-25(27,28)15-37-19-4-1-16(7-29-19)8-33-9-24(10-33)13-35(14-24)22(36)34-11-23(12-34)5-18(6-23)21-30-20(31-32-21)17-2-3-17/h1,4,7,17-18H,2-3,5-6,8-15H2,(H,30,31,32). The minimum absolute atomic E-state index is 0.0278. The van der Waals surface area contributed by atoms with E-state index in [1.165, 1.54) is 18.9 Å². The minimum atomic E-state index is -4.38. The number of aromatic nitrogens is 4. The molecule has 2 aliphatic carbocycles. The van der Waals surface area contributed by atoms with E-state index in [0.717, 1.165) is 69.3 Å². The fourth-order valence-corrected chi connectivity index (χ4v) is 6.65. The molecule has 12 heteroatoms. The van der Waals surface area contributed by atoms with Gasteiger partial charge in [0.2, 0.25) is 5.88 Å². The van der Waals surface area contributed by atoms with Gasteiger partial charge in [-0.2, -0.15) is 18.3 Å². The van der Waals surface area contributed by atoms with Gasteiger partial charge in [-0.3, -0.25) is 10.00 Å². The van der Waals surface area contributed by atoms with Crippen molar-refractivity contribution >= 4 is 6.03 Å². The lowest BCUT2D eigenvalue weighted by atomic mass is 9.57. The fraction of sp³-hybridized carbons (Fsp3) is 0.680. The Labute approximate surface area is 212 Å². The zero-order valence-corrected chi connectivity index (χ0v) is 20.5. The van der Waals surface area contributed by atoms with Crippen LogP contribution in [0.2, 0.25) is 0 Å². The van der Waals surface area contributed by atoms with E-state index in [0.29, 0.717) is 18.4 Å². The predicted molar refractivity (Wildman–Crippen MR) is 125 cm³/mol. The molecule has 2 aromatic heterocycles. The number of nitrogens with zero attached hydrogens (tertiary/aromatic N) is 6. The van der Waals surface area contributed by atoms with Gasteiger partial charge in [0, 0.05) is 80.7 Å². The number of urea groups is 1. The first-order valence-electron chi connectivity index (χ1n) is 13.0. The highest BCUT2D eigenvalue weighted by atomic mass is 19.4. The second-order valence-electron chi connectivity index (χ2n) is 12.0. The van der Waals surface area contributed by atoms with Crippen LogP contribution >= 0.6 is 0 Å². The highest BCUT2D eigenvalue weighted by molar-refractivity contribution is 5.77. The van der Waals surface area contributed by atoms with Crippen LogP contribution in [0.3, 0.4) is 0 Å². The van der Waals surface area contributed by atoms with E-state index in [-0.39, 0.29) is 22.7 Å². The number of amides is 2. The number of pyridine rings is 1. The van der Waals surface area contributed by atoms with Crippen LogP contribution in [0.15, 0.2) is 18.3 Å². The summed E-state index contributed by atoms with van der Waals surface area (Å²) in [5.74, 6) is 2.99. The van der Waals surface area contributed by atoms with E-state index < -0.39 is 12.8 Å². The summed E-state index contributed by atoms with van der Waals surface area (Å²) in [5.41, 5.74) is 1.37. The highest BCUT2D eigenvalue weighted by Crippen LogP contribution is 2.56. The van der Waals surface area contributed by atoms with Crippen molar-refractivity contribution < 1.29 is 22.7 Å². The minimum Gasteiger partial charge on any atom is -0.468 e. The third-order valence-electron chi connectivity index (χ3n) is 8.56. The predicted octanol–water partition coefficient (Wildman–Crippen LogP) is 3.14. The molecule has 3 aliphatic heterocycles. The van der Waals surface area contributed by atoms with Crippen molar-refractivity contribution in [1.82, 2.24) is 34.9 Å². The Morgan fingerprint density at radius 3 is 2.35 bits per heavy atom. The van der Waals surface area contributed by atoms with Crippen LogP contribution < -0.4 is 4.74 Å². The summed E-state index contributed by atoms with van der Waals surface area (Å²) in [6, 6.07) is 3.38. The monoisotopic (exact) mass is 517 g/mol. The molecule has 2 amide bonds. The summed E-state index contributed by atoms with van der Waals surface area (Å²) in [6.07, 6.45) is 1.76. The molecule has 198 valence electrons. The molecule has 1 N–H and O–H groups in total. The van der Waals surface area contributed by atoms with Crippen LogP contribution in [0.5, 0.6) is 5.88 Å². The maximum atomic E-state index is 12.9. The summed E-state index contributed by atoms with van der Waals surface area (Å²) in [6.45, 7) is 4.43. The van der Waals surface area contributed by atoms with E-state index in [1.54, 1.807) is 12.3 Å². The lowest BCUT2D eigenvalue weighted by molar-refractivity contribution is -0.154. The molecule has 37 heavy (non-hydrogen) atoms. The quantitative estimate of drug-likeness (QED) is 0.633. The van der Waals surface area contributed by atoms with Crippen LogP contribution in [0.1, 0.15) is 54.7 Å². The smallest absolute Gasteiger partial charge is 0.422 e. The number of carbonyl (C=O) groups excluding carboxylic acids is 1. The second kappa shape index (κ2) is 8.05.